The Morgan fingerprint density at radius 3 is 2.95 bits per heavy atom. The minimum absolute atomic E-state index is 0.832. The van der Waals surface area contributed by atoms with Gasteiger partial charge in [-0.15, -0.1) is 0 Å². The smallest absolute Gasteiger partial charge is 0.120 e. The van der Waals surface area contributed by atoms with E-state index < -0.39 is 0 Å². The molecule has 2 heterocycles. The lowest BCUT2D eigenvalue weighted by Gasteiger charge is -2.17. The van der Waals surface area contributed by atoms with Gasteiger partial charge in [-0.3, -0.25) is 9.98 Å². The van der Waals surface area contributed by atoms with Crippen LogP contribution in [0.4, 0.5) is 5.69 Å². The Kier molecular flexibility index (Phi) is 4.85. The number of amidine groups is 1. The molecule has 1 unspecified atom stereocenters. The van der Waals surface area contributed by atoms with Crippen molar-refractivity contribution in [1.82, 2.24) is 14.8 Å². The fourth-order valence-corrected chi connectivity index (χ4v) is 2.13. The van der Waals surface area contributed by atoms with Crippen LogP contribution in [0.2, 0.25) is 0 Å². The zero-order valence-electron chi connectivity index (χ0n) is 12.1. The molecule has 0 aliphatic rings. The fourth-order valence-electron chi connectivity index (χ4n) is 1.86. The normalized spacial score (nSPS) is 11.7. The van der Waals surface area contributed by atoms with Gasteiger partial charge in [0.15, 0.2) is 0 Å². The molecule has 20 heavy (non-hydrogen) atoms. The lowest BCUT2D eigenvalue weighted by molar-refractivity contribution is 0.857. The first-order valence-electron chi connectivity index (χ1n) is 6.63. The molecule has 0 N–H and O–H groups in total. The van der Waals surface area contributed by atoms with Crippen LogP contribution >= 0.6 is 9.24 Å². The lowest BCUT2D eigenvalue weighted by atomic mass is 10.4. The van der Waals surface area contributed by atoms with Gasteiger partial charge in [0.25, 0.3) is 0 Å². The van der Waals surface area contributed by atoms with Crippen LogP contribution in [0.3, 0.4) is 0 Å². The number of hydrogen-bond acceptors (Lipinski definition) is 3. The molecule has 2 rings (SSSR count). The van der Waals surface area contributed by atoms with Gasteiger partial charge in [0, 0.05) is 19.8 Å². The molecular weight excluding hydrogens is 269 g/mol. The van der Waals surface area contributed by atoms with E-state index in [1.165, 1.54) is 0 Å². The molecule has 0 saturated carbocycles. The van der Waals surface area contributed by atoms with Crippen LogP contribution in [0.25, 0.3) is 5.69 Å². The number of aliphatic imine (C=N–C) groups is 1. The van der Waals surface area contributed by atoms with Crippen LogP contribution in [0.15, 0.2) is 35.7 Å². The Bertz CT molecular complexity index is 591. The third-order valence-corrected chi connectivity index (χ3v) is 3.56. The molecule has 0 amide bonds. The van der Waals surface area contributed by atoms with Crippen molar-refractivity contribution < 1.29 is 0 Å². The van der Waals surface area contributed by atoms with Crippen molar-refractivity contribution in [3.8, 4) is 5.69 Å². The van der Waals surface area contributed by atoms with Gasteiger partial charge in [0.1, 0.15) is 5.58 Å². The van der Waals surface area contributed by atoms with E-state index in [1.54, 1.807) is 12.4 Å². The van der Waals surface area contributed by atoms with Crippen molar-refractivity contribution in [2.24, 2.45) is 4.99 Å². The number of aromatic nitrogens is 3. The van der Waals surface area contributed by atoms with E-state index >= 15 is 0 Å². The SMILES string of the molecule is CCCN=C(P)N(C)c1cn(-c2cccnc2)nc1C. The van der Waals surface area contributed by atoms with Crippen molar-refractivity contribution in [3.63, 3.8) is 0 Å². The molecule has 0 bridgehead atoms. The number of aryl methyl sites for hydroxylation is 1. The molecule has 6 heteroatoms. The molecular formula is C14H20N5P. The monoisotopic (exact) mass is 289 g/mol. The summed E-state index contributed by atoms with van der Waals surface area (Å²) in [5, 5.41) is 4.54. The summed E-state index contributed by atoms with van der Waals surface area (Å²) in [7, 11) is 4.68. The highest BCUT2D eigenvalue weighted by Crippen LogP contribution is 2.21. The average molecular weight is 289 g/mol. The molecule has 5 nitrogen and oxygen atoms in total. The van der Waals surface area contributed by atoms with Crippen molar-refractivity contribution in [2.45, 2.75) is 20.3 Å². The van der Waals surface area contributed by atoms with Gasteiger partial charge in [-0.05, 0) is 25.5 Å². The van der Waals surface area contributed by atoms with E-state index in [4.69, 9.17) is 0 Å². The Morgan fingerprint density at radius 1 is 1.50 bits per heavy atom. The Balaban J connectivity index is 2.28. The van der Waals surface area contributed by atoms with Gasteiger partial charge in [-0.2, -0.15) is 5.10 Å². The van der Waals surface area contributed by atoms with Crippen molar-refractivity contribution >= 4 is 20.5 Å². The minimum Gasteiger partial charge on any atom is -0.327 e. The molecule has 0 spiro atoms. The van der Waals surface area contributed by atoms with E-state index in [-0.39, 0.29) is 0 Å². The maximum atomic E-state index is 4.54. The fraction of sp³-hybridized carbons (Fsp3) is 0.357. The highest BCUT2D eigenvalue weighted by molar-refractivity contribution is 7.41. The van der Waals surface area contributed by atoms with Crippen LogP contribution in [0, 0.1) is 6.92 Å². The molecule has 0 fully saturated rings. The Labute approximate surface area is 121 Å². The van der Waals surface area contributed by atoms with E-state index in [1.807, 2.05) is 41.9 Å². The van der Waals surface area contributed by atoms with E-state index in [0.29, 0.717) is 0 Å². The van der Waals surface area contributed by atoms with Crippen LogP contribution in [0.1, 0.15) is 19.0 Å². The van der Waals surface area contributed by atoms with Crippen molar-refractivity contribution in [3.05, 3.63) is 36.4 Å². The minimum atomic E-state index is 0.832. The molecule has 0 aromatic carbocycles. The summed E-state index contributed by atoms with van der Waals surface area (Å²) >= 11 is 0. The Morgan fingerprint density at radius 2 is 2.30 bits per heavy atom. The number of rotatable bonds is 4. The molecule has 106 valence electrons. The van der Waals surface area contributed by atoms with Crippen LogP contribution in [-0.4, -0.2) is 33.9 Å². The number of nitrogens with zero attached hydrogens (tertiary/aromatic N) is 5. The lowest BCUT2D eigenvalue weighted by Crippen LogP contribution is -2.21. The summed E-state index contributed by atoms with van der Waals surface area (Å²) in [6, 6.07) is 3.88. The second-order valence-electron chi connectivity index (χ2n) is 4.55. The highest BCUT2D eigenvalue weighted by Gasteiger charge is 2.12. The molecule has 2 aromatic heterocycles. The predicted molar refractivity (Wildman–Crippen MR) is 86.8 cm³/mol. The van der Waals surface area contributed by atoms with Crippen LogP contribution in [0.5, 0.6) is 0 Å². The van der Waals surface area contributed by atoms with E-state index in [9.17, 15) is 0 Å². The summed E-state index contributed by atoms with van der Waals surface area (Å²) < 4.78 is 1.84. The summed E-state index contributed by atoms with van der Waals surface area (Å²) in [4.78, 5) is 10.7. The van der Waals surface area contributed by atoms with Crippen LogP contribution < -0.4 is 4.90 Å². The summed E-state index contributed by atoms with van der Waals surface area (Å²) in [5.41, 5.74) is 3.87. The first kappa shape index (κ1) is 14.7. The van der Waals surface area contributed by atoms with Gasteiger partial charge in [0.2, 0.25) is 0 Å². The average Bonchev–Trinajstić information content (AvgIpc) is 2.87. The Hall–Kier alpha value is -1.74. The summed E-state index contributed by atoms with van der Waals surface area (Å²) in [6.07, 6.45) is 6.59. The topological polar surface area (TPSA) is 46.3 Å². The molecule has 1 atom stereocenters. The molecule has 0 aliphatic carbocycles. The predicted octanol–water partition coefficient (Wildman–Crippen LogP) is 2.65. The standard InChI is InChI=1S/C14H20N5P/c1-4-7-16-14(20)18(3)13-10-19(17-11(13)2)12-6-5-8-15-9-12/h5-6,8-10H,4,7,20H2,1-3H3. The van der Waals surface area contributed by atoms with Gasteiger partial charge in [-0.1, -0.05) is 16.2 Å². The van der Waals surface area contributed by atoms with Crippen molar-refractivity contribution in [1.29, 1.82) is 0 Å². The number of anilines is 1. The largest absolute Gasteiger partial charge is 0.327 e. The molecule has 0 saturated heterocycles. The zero-order chi connectivity index (χ0) is 14.5. The third-order valence-electron chi connectivity index (χ3n) is 2.99. The number of pyridine rings is 1. The van der Waals surface area contributed by atoms with Gasteiger partial charge < -0.3 is 4.90 Å². The quantitative estimate of drug-likeness (QED) is 0.494. The summed E-state index contributed by atoms with van der Waals surface area (Å²) in [5.74, 6) is 0. The van der Waals surface area contributed by atoms with E-state index in [2.05, 4.69) is 31.2 Å². The second-order valence-corrected chi connectivity index (χ2v) is 5.07. The maximum absolute atomic E-state index is 4.54. The molecule has 0 aliphatic heterocycles. The third kappa shape index (κ3) is 3.23. The summed E-state index contributed by atoms with van der Waals surface area (Å²) in [6.45, 7) is 4.95. The van der Waals surface area contributed by atoms with Gasteiger partial charge in [-0.25, -0.2) is 4.68 Å². The van der Waals surface area contributed by atoms with Crippen molar-refractivity contribution in [2.75, 3.05) is 18.5 Å². The highest BCUT2D eigenvalue weighted by atomic mass is 31.0. The second kappa shape index (κ2) is 6.62. The van der Waals surface area contributed by atoms with E-state index in [0.717, 1.165) is 35.6 Å². The molecule has 0 radical (unpaired) electrons. The van der Waals surface area contributed by atoms with Gasteiger partial charge >= 0.3 is 0 Å². The zero-order valence-corrected chi connectivity index (χ0v) is 13.3. The first-order valence-corrected chi connectivity index (χ1v) is 7.21. The number of hydrogen-bond donors (Lipinski definition) is 0. The van der Waals surface area contributed by atoms with Gasteiger partial charge in [0.05, 0.1) is 29.5 Å². The first-order chi connectivity index (χ1) is 9.63. The maximum Gasteiger partial charge on any atom is 0.120 e. The molecule has 2 aromatic rings. The van der Waals surface area contributed by atoms with Crippen LogP contribution in [-0.2, 0) is 0 Å².